The standard InChI is InChI=1S/C24H33N3O5S/c1-3-32-17-19(26-11-13-27(14-12-26)20-7-4-5-8-21(20)28)15-18-16-25-33(29,30)23-10-6-9-22(31-2)24(18)23/h4-10,18-19,25,28H,3,11-17H2,1-2H3. The zero-order chi connectivity index (χ0) is 23.4. The Morgan fingerprint density at radius 3 is 2.58 bits per heavy atom. The number of benzene rings is 2. The van der Waals surface area contributed by atoms with E-state index < -0.39 is 10.0 Å². The van der Waals surface area contributed by atoms with E-state index in [-0.39, 0.29) is 12.0 Å². The molecular formula is C24H33N3O5S. The van der Waals surface area contributed by atoms with Gasteiger partial charge in [-0.2, -0.15) is 0 Å². The van der Waals surface area contributed by atoms with E-state index in [0.717, 1.165) is 43.9 Å². The second-order valence-electron chi connectivity index (χ2n) is 8.48. The molecule has 2 unspecified atom stereocenters. The summed E-state index contributed by atoms with van der Waals surface area (Å²) in [6.07, 6.45) is 0.756. The number of hydrogen-bond acceptors (Lipinski definition) is 7. The highest BCUT2D eigenvalue weighted by atomic mass is 32.2. The molecule has 2 N–H and O–H groups in total. The molecule has 2 heterocycles. The molecule has 2 aliphatic rings. The lowest BCUT2D eigenvalue weighted by molar-refractivity contribution is 0.0548. The molecule has 0 radical (unpaired) electrons. The van der Waals surface area contributed by atoms with Crippen LogP contribution in [0.1, 0.15) is 24.8 Å². The normalized spacial score (nSPS) is 21.4. The maximum absolute atomic E-state index is 12.6. The highest BCUT2D eigenvalue weighted by Gasteiger charge is 2.35. The van der Waals surface area contributed by atoms with Crippen molar-refractivity contribution in [3.05, 3.63) is 48.0 Å². The van der Waals surface area contributed by atoms with Gasteiger partial charge >= 0.3 is 0 Å². The van der Waals surface area contributed by atoms with Gasteiger partial charge in [0.1, 0.15) is 11.5 Å². The van der Waals surface area contributed by atoms with Gasteiger partial charge < -0.3 is 19.5 Å². The molecule has 33 heavy (non-hydrogen) atoms. The number of hydrogen-bond donors (Lipinski definition) is 2. The number of phenolic OH excluding ortho intramolecular Hbond substituents is 1. The number of phenols is 1. The molecule has 2 atom stereocenters. The van der Waals surface area contributed by atoms with Gasteiger partial charge in [0.25, 0.3) is 0 Å². The van der Waals surface area contributed by atoms with Crippen LogP contribution in [0, 0.1) is 0 Å². The van der Waals surface area contributed by atoms with Crippen LogP contribution >= 0.6 is 0 Å². The molecule has 0 aromatic heterocycles. The molecule has 1 fully saturated rings. The minimum absolute atomic E-state index is 0.0127. The van der Waals surface area contributed by atoms with Crippen LogP contribution in [0.15, 0.2) is 47.4 Å². The number of para-hydroxylation sites is 2. The second kappa shape index (κ2) is 10.3. The molecule has 0 saturated carbocycles. The lowest BCUT2D eigenvalue weighted by Crippen LogP contribution is -2.52. The highest BCUT2D eigenvalue weighted by Crippen LogP contribution is 2.39. The first kappa shape index (κ1) is 23.8. The second-order valence-corrected chi connectivity index (χ2v) is 10.2. The van der Waals surface area contributed by atoms with E-state index >= 15 is 0 Å². The molecule has 2 aromatic rings. The third-order valence-corrected chi connectivity index (χ3v) is 8.07. The van der Waals surface area contributed by atoms with Crippen LogP contribution in [0.2, 0.25) is 0 Å². The summed E-state index contributed by atoms with van der Waals surface area (Å²) >= 11 is 0. The van der Waals surface area contributed by atoms with Crippen LogP contribution in [0.4, 0.5) is 5.69 Å². The number of anilines is 1. The molecule has 9 heteroatoms. The fraction of sp³-hybridized carbons (Fsp3) is 0.500. The number of piperazine rings is 1. The lowest BCUT2D eigenvalue weighted by atomic mass is 9.90. The number of sulfonamides is 1. The molecule has 4 rings (SSSR count). The van der Waals surface area contributed by atoms with Crippen LogP contribution in [-0.2, 0) is 14.8 Å². The van der Waals surface area contributed by atoms with Crippen molar-refractivity contribution in [2.45, 2.75) is 30.2 Å². The van der Waals surface area contributed by atoms with Gasteiger partial charge in [-0.3, -0.25) is 4.90 Å². The lowest BCUT2D eigenvalue weighted by Gasteiger charge is -2.41. The summed E-state index contributed by atoms with van der Waals surface area (Å²) in [5.41, 5.74) is 1.62. The average Bonchev–Trinajstić information content (AvgIpc) is 2.83. The van der Waals surface area contributed by atoms with Crippen LogP contribution in [-0.4, -0.2) is 77.5 Å². The average molecular weight is 476 g/mol. The summed E-state index contributed by atoms with van der Waals surface area (Å²) in [7, 11) is -1.95. The first-order valence-electron chi connectivity index (χ1n) is 11.5. The van der Waals surface area contributed by atoms with Crippen LogP contribution < -0.4 is 14.4 Å². The Bertz CT molecular complexity index is 1050. The van der Waals surface area contributed by atoms with Crippen molar-refractivity contribution in [2.75, 3.05) is 57.9 Å². The van der Waals surface area contributed by atoms with Gasteiger partial charge in [0.15, 0.2) is 0 Å². The summed E-state index contributed by atoms with van der Waals surface area (Å²) in [5.74, 6) is 0.901. The molecule has 0 amide bonds. The van der Waals surface area contributed by atoms with E-state index in [2.05, 4.69) is 14.5 Å². The molecular weight excluding hydrogens is 442 g/mol. The molecule has 2 aliphatic heterocycles. The van der Waals surface area contributed by atoms with E-state index in [0.29, 0.717) is 36.2 Å². The molecule has 0 aliphatic carbocycles. The minimum Gasteiger partial charge on any atom is -0.506 e. The van der Waals surface area contributed by atoms with Gasteiger partial charge in [0, 0.05) is 56.9 Å². The molecule has 180 valence electrons. The topological polar surface area (TPSA) is 91.3 Å². The van der Waals surface area contributed by atoms with Crippen molar-refractivity contribution in [3.63, 3.8) is 0 Å². The monoisotopic (exact) mass is 475 g/mol. The van der Waals surface area contributed by atoms with E-state index in [9.17, 15) is 13.5 Å². The molecule has 8 nitrogen and oxygen atoms in total. The number of rotatable bonds is 8. The Balaban J connectivity index is 1.52. The van der Waals surface area contributed by atoms with Crippen LogP contribution in [0.5, 0.6) is 11.5 Å². The minimum atomic E-state index is -3.53. The zero-order valence-corrected chi connectivity index (χ0v) is 20.1. The Morgan fingerprint density at radius 1 is 1.12 bits per heavy atom. The Morgan fingerprint density at radius 2 is 1.88 bits per heavy atom. The largest absolute Gasteiger partial charge is 0.506 e. The van der Waals surface area contributed by atoms with Crippen LogP contribution in [0.3, 0.4) is 0 Å². The first-order chi connectivity index (χ1) is 15.9. The fourth-order valence-electron chi connectivity index (χ4n) is 4.89. The number of ether oxygens (including phenoxy) is 2. The van der Waals surface area contributed by atoms with Crippen molar-refractivity contribution in [1.29, 1.82) is 0 Å². The third-order valence-electron chi connectivity index (χ3n) is 6.59. The summed E-state index contributed by atoms with van der Waals surface area (Å²) in [6.45, 7) is 6.82. The van der Waals surface area contributed by atoms with Gasteiger partial charge in [-0.15, -0.1) is 0 Å². The van der Waals surface area contributed by atoms with Crippen molar-refractivity contribution < 1.29 is 23.0 Å². The number of nitrogens with zero attached hydrogens (tertiary/aromatic N) is 2. The van der Waals surface area contributed by atoms with Crippen LogP contribution in [0.25, 0.3) is 0 Å². The summed E-state index contributed by atoms with van der Waals surface area (Å²) in [4.78, 5) is 4.93. The van der Waals surface area contributed by atoms with E-state index in [4.69, 9.17) is 9.47 Å². The van der Waals surface area contributed by atoms with Crippen molar-refractivity contribution in [3.8, 4) is 11.5 Å². The van der Waals surface area contributed by atoms with Crippen molar-refractivity contribution in [1.82, 2.24) is 9.62 Å². The summed E-state index contributed by atoms with van der Waals surface area (Å²) in [5, 5.41) is 10.2. The van der Waals surface area contributed by atoms with Crippen molar-refractivity contribution in [2.24, 2.45) is 0 Å². The van der Waals surface area contributed by atoms with Gasteiger partial charge in [-0.1, -0.05) is 18.2 Å². The molecule has 0 spiro atoms. The SMILES string of the molecule is CCOCC(CC1CNS(=O)(=O)c2cccc(OC)c21)N1CCN(c2ccccc2O)CC1. The summed E-state index contributed by atoms with van der Waals surface area (Å²) in [6, 6.07) is 12.8. The predicted molar refractivity (Wildman–Crippen MR) is 128 cm³/mol. The predicted octanol–water partition coefficient (Wildman–Crippen LogP) is 2.39. The number of methoxy groups -OCH3 is 1. The number of fused-ring (bicyclic) bond motifs is 1. The van der Waals surface area contributed by atoms with E-state index in [1.54, 1.807) is 25.3 Å². The smallest absolute Gasteiger partial charge is 0.241 e. The number of aromatic hydroxyl groups is 1. The Labute approximate surface area is 196 Å². The van der Waals surface area contributed by atoms with E-state index in [1.165, 1.54) is 0 Å². The summed E-state index contributed by atoms with van der Waals surface area (Å²) < 4.78 is 39.4. The highest BCUT2D eigenvalue weighted by molar-refractivity contribution is 7.89. The van der Waals surface area contributed by atoms with Gasteiger partial charge in [-0.05, 0) is 37.6 Å². The molecule has 2 aromatic carbocycles. The first-order valence-corrected chi connectivity index (χ1v) is 12.9. The van der Waals surface area contributed by atoms with E-state index in [1.807, 2.05) is 31.2 Å². The van der Waals surface area contributed by atoms with Gasteiger partial charge in [0.2, 0.25) is 10.0 Å². The Hall–Kier alpha value is -2.33. The fourth-order valence-corrected chi connectivity index (χ4v) is 6.28. The quantitative estimate of drug-likeness (QED) is 0.606. The maximum atomic E-state index is 12.6. The maximum Gasteiger partial charge on any atom is 0.241 e. The molecule has 1 saturated heterocycles. The molecule has 0 bridgehead atoms. The van der Waals surface area contributed by atoms with Crippen molar-refractivity contribution >= 4 is 15.7 Å². The van der Waals surface area contributed by atoms with Gasteiger partial charge in [0.05, 0.1) is 24.3 Å². The zero-order valence-electron chi connectivity index (χ0n) is 19.2. The number of nitrogens with one attached hydrogen (secondary N) is 1. The third kappa shape index (κ3) is 5.11. The Kier molecular flexibility index (Phi) is 7.43. The van der Waals surface area contributed by atoms with Gasteiger partial charge in [-0.25, -0.2) is 13.1 Å².